The molecule has 58 valence electrons. The lowest BCUT2D eigenvalue weighted by atomic mass is 10.3. The smallest absolute Gasteiger partial charge is 0.0672 e. The molecule has 9 heavy (non-hydrogen) atoms. The van der Waals surface area contributed by atoms with E-state index in [-0.39, 0.29) is 14.9 Å². The maximum absolute atomic E-state index is 5.22. The van der Waals surface area contributed by atoms with Gasteiger partial charge in [0, 0.05) is 13.1 Å². The standard InChI is InChI=1S/C5H11NO.2CH4/c1-5-4-6-2-3-7-5;;/h5-6H,2-4H2,1H3;2*1H4. The molecule has 0 aliphatic carbocycles. The van der Waals surface area contributed by atoms with Crippen molar-refractivity contribution in [3.8, 4) is 0 Å². The monoisotopic (exact) mass is 133 g/mol. The summed E-state index contributed by atoms with van der Waals surface area (Å²) in [4.78, 5) is 0. The molecule has 1 unspecified atom stereocenters. The van der Waals surface area contributed by atoms with Gasteiger partial charge in [-0.15, -0.1) is 0 Å². The first-order valence-corrected chi connectivity index (χ1v) is 2.72. The van der Waals surface area contributed by atoms with Crippen LogP contribution in [0.3, 0.4) is 0 Å². The fraction of sp³-hybridized carbons (Fsp3) is 1.00. The number of nitrogens with one attached hydrogen (secondary N) is 1. The average Bonchev–Trinajstić information content (AvgIpc) is 1.69. The number of rotatable bonds is 0. The Labute approximate surface area is 58.6 Å². The molecule has 1 aliphatic heterocycles. The van der Waals surface area contributed by atoms with Gasteiger partial charge in [-0.3, -0.25) is 0 Å². The van der Waals surface area contributed by atoms with Crippen molar-refractivity contribution in [1.29, 1.82) is 0 Å². The van der Waals surface area contributed by atoms with Crippen LogP contribution < -0.4 is 5.32 Å². The van der Waals surface area contributed by atoms with Gasteiger partial charge >= 0.3 is 0 Å². The summed E-state index contributed by atoms with van der Waals surface area (Å²) in [6.07, 6.45) is 0.425. The van der Waals surface area contributed by atoms with E-state index in [2.05, 4.69) is 12.2 Å². The topological polar surface area (TPSA) is 21.3 Å². The Morgan fingerprint density at radius 1 is 1.44 bits per heavy atom. The highest BCUT2D eigenvalue weighted by atomic mass is 16.5. The molecule has 0 aromatic carbocycles. The molecule has 1 rings (SSSR count). The molecule has 1 aliphatic rings. The van der Waals surface area contributed by atoms with Gasteiger partial charge in [0.05, 0.1) is 12.7 Å². The van der Waals surface area contributed by atoms with Crippen LogP contribution in [0.2, 0.25) is 0 Å². The van der Waals surface area contributed by atoms with E-state index in [1.807, 2.05) is 0 Å². The van der Waals surface area contributed by atoms with Crippen molar-refractivity contribution in [2.45, 2.75) is 27.9 Å². The van der Waals surface area contributed by atoms with Gasteiger partial charge in [-0.25, -0.2) is 0 Å². The van der Waals surface area contributed by atoms with Crippen LogP contribution in [0.5, 0.6) is 0 Å². The third-order valence-corrected chi connectivity index (χ3v) is 1.11. The normalized spacial score (nSPS) is 25.7. The summed E-state index contributed by atoms with van der Waals surface area (Å²) in [6, 6.07) is 0. The maximum atomic E-state index is 5.22. The Hall–Kier alpha value is -0.0800. The van der Waals surface area contributed by atoms with Crippen LogP contribution in [-0.2, 0) is 4.74 Å². The minimum atomic E-state index is 0. The highest BCUT2D eigenvalue weighted by Gasteiger charge is 2.04. The SMILES string of the molecule is C.C.CC1CNCCO1. The summed E-state index contributed by atoms with van der Waals surface area (Å²) >= 11 is 0. The third-order valence-electron chi connectivity index (χ3n) is 1.11. The first kappa shape index (κ1) is 11.7. The second-order valence-electron chi connectivity index (χ2n) is 1.89. The third kappa shape index (κ3) is 4.43. The van der Waals surface area contributed by atoms with Crippen LogP contribution in [0.25, 0.3) is 0 Å². The molecular formula is C7H19NO. The van der Waals surface area contributed by atoms with E-state index >= 15 is 0 Å². The molecule has 1 atom stereocenters. The van der Waals surface area contributed by atoms with E-state index in [9.17, 15) is 0 Å². The molecule has 0 aromatic heterocycles. The van der Waals surface area contributed by atoms with Gasteiger partial charge < -0.3 is 10.1 Å². The van der Waals surface area contributed by atoms with Crippen LogP contribution in [0.15, 0.2) is 0 Å². The van der Waals surface area contributed by atoms with Crippen molar-refractivity contribution in [1.82, 2.24) is 5.32 Å². The van der Waals surface area contributed by atoms with E-state index in [4.69, 9.17) is 4.74 Å². The first-order chi connectivity index (χ1) is 3.39. The summed E-state index contributed by atoms with van der Waals surface area (Å²) in [5.74, 6) is 0. The highest BCUT2D eigenvalue weighted by molar-refractivity contribution is 4.59. The Morgan fingerprint density at radius 2 is 2.11 bits per heavy atom. The maximum Gasteiger partial charge on any atom is 0.0672 e. The molecule has 1 N–H and O–H groups in total. The molecule has 1 saturated heterocycles. The molecule has 1 fully saturated rings. The second kappa shape index (κ2) is 6.05. The molecule has 0 aromatic rings. The summed E-state index contributed by atoms with van der Waals surface area (Å²) in [5, 5.41) is 3.21. The second-order valence-corrected chi connectivity index (χ2v) is 1.89. The van der Waals surface area contributed by atoms with Crippen LogP contribution >= 0.6 is 0 Å². The first-order valence-electron chi connectivity index (χ1n) is 2.72. The van der Waals surface area contributed by atoms with Gasteiger partial charge in [0.15, 0.2) is 0 Å². The molecular weight excluding hydrogens is 114 g/mol. The van der Waals surface area contributed by atoms with E-state index in [1.54, 1.807) is 0 Å². The zero-order valence-electron chi connectivity index (χ0n) is 4.61. The predicted molar refractivity (Wildman–Crippen MR) is 41.7 cm³/mol. The van der Waals surface area contributed by atoms with Gasteiger partial charge in [0.2, 0.25) is 0 Å². The highest BCUT2D eigenvalue weighted by Crippen LogP contribution is 1.91. The lowest BCUT2D eigenvalue weighted by molar-refractivity contribution is 0.0410. The van der Waals surface area contributed by atoms with Crippen molar-refractivity contribution in [3.63, 3.8) is 0 Å². The van der Waals surface area contributed by atoms with E-state index in [1.165, 1.54) is 0 Å². The van der Waals surface area contributed by atoms with Gasteiger partial charge in [0.25, 0.3) is 0 Å². The minimum Gasteiger partial charge on any atom is -0.376 e. The van der Waals surface area contributed by atoms with Crippen molar-refractivity contribution in [3.05, 3.63) is 0 Å². The van der Waals surface area contributed by atoms with Gasteiger partial charge in [-0.05, 0) is 6.92 Å². The number of morpholine rings is 1. The van der Waals surface area contributed by atoms with Crippen molar-refractivity contribution in [2.75, 3.05) is 19.7 Å². The Balaban J connectivity index is 0. The number of hydrogen-bond acceptors (Lipinski definition) is 2. The predicted octanol–water partition coefficient (Wildman–Crippen LogP) is 1.27. The minimum absolute atomic E-state index is 0. The summed E-state index contributed by atoms with van der Waals surface area (Å²) in [6.45, 7) is 4.98. The van der Waals surface area contributed by atoms with Gasteiger partial charge in [0.1, 0.15) is 0 Å². The van der Waals surface area contributed by atoms with E-state index < -0.39 is 0 Å². The molecule has 1 heterocycles. The molecule has 0 radical (unpaired) electrons. The van der Waals surface area contributed by atoms with Gasteiger partial charge in [-0.1, -0.05) is 14.9 Å². The molecule has 0 saturated carbocycles. The summed E-state index contributed by atoms with van der Waals surface area (Å²) in [7, 11) is 0. The number of ether oxygens (including phenoxy) is 1. The zero-order chi connectivity index (χ0) is 5.11. The average molecular weight is 133 g/mol. The van der Waals surface area contributed by atoms with Crippen molar-refractivity contribution >= 4 is 0 Å². The quantitative estimate of drug-likeness (QED) is 0.537. The lowest BCUT2D eigenvalue weighted by Gasteiger charge is -2.18. The Morgan fingerprint density at radius 3 is 2.33 bits per heavy atom. The van der Waals surface area contributed by atoms with Crippen molar-refractivity contribution in [2.24, 2.45) is 0 Å². The number of hydrogen-bond donors (Lipinski definition) is 1. The van der Waals surface area contributed by atoms with Crippen LogP contribution in [0.1, 0.15) is 21.8 Å². The van der Waals surface area contributed by atoms with Crippen LogP contribution in [0, 0.1) is 0 Å². The largest absolute Gasteiger partial charge is 0.376 e. The molecule has 0 bridgehead atoms. The zero-order valence-corrected chi connectivity index (χ0v) is 4.61. The Bertz CT molecular complexity index is 50.9. The molecule has 0 spiro atoms. The fourth-order valence-corrected chi connectivity index (χ4v) is 0.697. The molecule has 0 amide bonds. The fourth-order valence-electron chi connectivity index (χ4n) is 0.697. The summed E-state index contributed by atoms with van der Waals surface area (Å²) in [5.41, 5.74) is 0. The van der Waals surface area contributed by atoms with Crippen LogP contribution in [0.4, 0.5) is 0 Å². The van der Waals surface area contributed by atoms with Crippen molar-refractivity contribution < 1.29 is 4.74 Å². The molecule has 2 heteroatoms. The van der Waals surface area contributed by atoms with Gasteiger partial charge in [-0.2, -0.15) is 0 Å². The molecule has 2 nitrogen and oxygen atoms in total. The summed E-state index contributed by atoms with van der Waals surface area (Å²) < 4.78 is 5.22. The van der Waals surface area contributed by atoms with E-state index in [0.29, 0.717) is 6.10 Å². The Kier molecular flexibility index (Phi) is 7.85. The lowest BCUT2D eigenvalue weighted by Crippen LogP contribution is -2.36. The van der Waals surface area contributed by atoms with E-state index in [0.717, 1.165) is 19.7 Å². The van der Waals surface area contributed by atoms with Crippen LogP contribution in [-0.4, -0.2) is 25.8 Å².